The van der Waals surface area contributed by atoms with Crippen LogP contribution in [-0.2, 0) is 51.4 Å². The molecule has 5 heterocycles. The van der Waals surface area contributed by atoms with E-state index < -0.39 is 53.1 Å². The minimum Gasteiger partial charge on any atom is -0.377 e. The molecule has 0 aliphatic carbocycles. The second-order valence-corrected chi connectivity index (χ2v) is 23.4. The number of carbonyl (C=O) groups excluding carboxylic acids is 6. The van der Waals surface area contributed by atoms with E-state index in [0.717, 1.165) is 11.1 Å². The Hall–Kier alpha value is -4.86. The van der Waals surface area contributed by atoms with Crippen molar-refractivity contribution >= 4 is 58.8 Å². The number of rotatable bonds is 22. The first-order chi connectivity index (χ1) is 34.4. The summed E-state index contributed by atoms with van der Waals surface area (Å²) in [5.74, 6) is -0.192. The van der Waals surface area contributed by atoms with Crippen LogP contribution in [0.4, 0.5) is 0 Å². The molecular formula is C52H74N10O8S2. The molecule has 4 aliphatic heterocycles. The number of carbonyl (C=O) groups is 6. The summed E-state index contributed by atoms with van der Waals surface area (Å²) in [5.41, 5.74) is 1.41. The van der Waals surface area contributed by atoms with Crippen LogP contribution in [0.25, 0.3) is 0 Å². The van der Waals surface area contributed by atoms with Crippen molar-refractivity contribution in [2.45, 2.75) is 146 Å². The molecule has 3 aromatic rings. The van der Waals surface area contributed by atoms with E-state index in [1.165, 1.54) is 0 Å². The molecule has 4 saturated heterocycles. The van der Waals surface area contributed by atoms with Crippen molar-refractivity contribution in [3.05, 3.63) is 83.7 Å². The smallest absolute Gasteiger partial charge is 0.246 e. The highest BCUT2D eigenvalue weighted by Crippen LogP contribution is 2.48. The molecule has 5 N–H and O–H groups in total. The van der Waals surface area contributed by atoms with Gasteiger partial charge < -0.3 is 45.9 Å². The average molecular weight is 1030 g/mol. The Kier molecular flexibility index (Phi) is 18.6. The number of nitrogens with zero attached hydrogens (tertiary/aromatic N) is 5. The number of hydrogen-bond donors (Lipinski definition) is 5. The van der Waals surface area contributed by atoms with Gasteiger partial charge in [-0.2, -0.15) is 0 Å². The van der Waals surface area contributed by atoms with Crippen LogP contribution in [0.3, 0.4) is 0 Å². The maximum absolute atomic E-state index is 14.6. The number of amides is 5. The van der Waals surface area contributed by atoms with Crippen molar-refractivity contribution in [1.82, 2.24) is 51.4 Å². The number of aromatic nitrogens is 3. The summed E-state index contributed by atoms with van der Waals surface area (Å²) in [5, 5.41) is 23.2. The fraction of sp³-hybridized carbons (Fsp3) is 0.615. The number of likely N-dealkylation sites (N-methyl/N-ethyl adjacent to an activating group) is 2. The maximum Gasteiger partial charge on any atom is 0.246 e. The highest BCUT2D eigenvalue weighted by molar-refractivity contribution is 8.00. The minimum absolute atomic E-state index is 0.0393. The van der Waals surface area contributed by atoms with Crippen LogP contribution in [0.1, 0.15) is 102 Å². The molecule has 392 valence electrons. The SMILES string of the molecule is CN[C@@H](C)C(=O)N[C@H]1CCS[C@H]2CC(C)(C)[C@@H](C(=O)C[C@H](COCc3cn(CCOC[C@@H](NC(=O)[C@H]4N5C(=O)[C@@H](NC(=O)[C@H](C)NC)CCS[C@H]5CC4(C)C)c4ccccc4)nn3)c3ccccc3)N2C1=O. The Morgan fingerprint density at radius 1 is 0.736 bits per heavy atom. The predicted octanol–water partition coefficient (Wildman–Crippen LogP) is 3.78. The third-order valence-electron chi connectivity index (χ3n) is 14.6. The molecule has 5 amide bonds. The van der Waals surface area contributed by atoms with Crippen LogP contribution < -0.4 is 26.6 Å². The summed E-state index contributed by atoms with van der Waals surface area (Å²) in [6.07, 6.45) is 4.25. The van der Waals surface area contributed by atoms with Gasteiger partial charge in [0.1, 0.15) is 23.8 Å². The normalized spacial score (nSPS) is 25.3. The number of thioether (sulfide) groups is 2. The fourth-order valence-electron chi connectivity index (χ4n) is 10.4. The van der Waals surface area contributed by atoms with Crippen molar-refractivity contribution < 1.29 is 38.2 Å². The zero-order valence-electron chi connectivity index (χ0n) is 42.9. The molecule has 7 rings (SSSR count). The largest absolute Gasteiger partial charge is 0.377 e. The number of ketones is 1. The van der Waals surface area contributed by atoms with Gasteiger partial charge in [-0.3, -0.25) is 28.8 Å². The third kappa shape index (κ3) is 13.1. The van der Waals surface area contributed by atoms with Crippen LogP contribution in [0.5, 0.6) is 0 Å². The molecule has 20 heteroatoms. The quantitative estimate of drug-likeness (QED) is 0.0906. The lowest BCUT2D eigenvalue weighted by Crippen LogP contribution is -2.58. The van der Waals surface area contributed by atoms with E-state index in [4.69, 9.17) is 9.47 Å². The van der Waals surface area contributed by atoms with Gasteiger partial charge in [0.25, 0.3) is 0 Å². The summed E-state index contributed by atoms with van der Waals surface area (Å²) in [7, 11) is 3.40. The van der Waals surface area contributed by atoms with E-state index in [1.54, 1.807) is 72.1 Å². The minimum atomic E-state index is -0.759. The zero-order chi connectivity index (χ0) is 51.7. The van der Waals surface area contributed by atoms with Crippen LogP contribution >= 0.6 is 23.5 Å². The first kappa shape index (κ1) is 54.9. The highest BCUT2D eigenvalue weighted by atomic mass is 32.2. The summed E-state index contributed by atoms with van der Waals surface area (Å²) >= 11 is 3.33. The van der Waals surface area contributed by atoms with Gasteiger partial charge >= 0.3 is 0 Å². The van der Waals surface area contributed by atoms with E-state index in [-0.39, 0.29) is 84.8 Å². The van der Waals surface area contributed by atoms with Crippen molar-refractivity contribution in [2.75, 3.05) is 45.4 Å². The number of benzene rings is 2. The van der Waals surface area contributed by atoms with Crippen molar-refractivity contribution in [1.29, 1.82) is 0 Å². The van der Waals surface area contributed by atoms with E-state index >= 15 is 0 Å². The molecule has 10 atom stereocenters. The Labute approximate surface area is 432 Å². The second-order valence-electron chi connectivity index (χ2n) is 20.9. The van der Waals surface area contributed by atoms with Gasteiger partial charge in [-0.15, -0.1) is 28.6 Å². The van der Waals surface area contributed by atoms with Crippen LogP contribution in [-0.4, -0.2) is 153 Å². The summed E-state index contributed by atoms with van der Waals surface area (Å²) in [4.78, 5) is 86.5. The molecular weight excluding hydrogens is 957 g/mol. The first-order valence-electron chi connectivity index (χ1n) is 25.2. The molecule has 0 bridgehead atoms. The molecule has 0 spiro atoms. The summed E-state index contributed by atoms with van der Waals surface area (Å²) < 4.78 is 14.1. The molecule has 2 aromatic carbocycles. The standard InChI is InChI=1S/C52H74N10O8S2/c1-32(53-7)46(64)55-38-19-23-71-42-26-51(3,4)44(61(42)49(38)67)41(63)25-36(34-15-11-9-12-16-34)29-70-30-37-28-60(59-58-37)21-22-69-31-40(35-17-13-10-14-18-35)57-48(66)45-52(5,6)27-43-62(45)50(68)39(20-24-72-43)56-47(65)33(2)54-8/h9-18,28,32-33,36,38-40,42-45,53-54H,19-27,29-31H2,1-8H3,(H,55,64)(H,56,65)(H,57,66)/t32-,33-,36+,38-,39-,40+,42-,43-,44+,45+/m0/s1. The van der Waals surface area contributed by atoms with Gasteiger partial charge in [0.05, 0.1) is 74.1 Å². The number of ether oxygens (including phenoxy) is 2. The molecule has 0 unspecified atom stereocenters. The maximum atomic E-state index is 14.6. The van der Waals surface area contributed by atoms with Gasteiger partial charge in [-0.25, -0.2) is 4.68 Å². The van der Waals surface area contributed by atoms with E-state index in [1.807, 2.05) is 74.5 Å². The average Bonchev–Trinajstić information content (AvgIpc) is 3.95. The molecule has 1 aromatic heterocycles. The van der Waals surface area contributed by atoms with E-state index in [9.17, 15) is 28.8 Å². The Morgan fingerprint density at radius 3 is 1.82 bits per heavy atom. The van der Waals surface area contributed by atoms with Gasteiger partial charge in [-0.05, 0) is 87.1 Å². The lowest BCUT2D eigenvalue weighted by atomic mass is 9.79. The van der Waals surface area contributed by atoms with Crippen molar-refractivity contribution in [3.8, 4) is 0 Å². The molecule has 0 radical (unpaired) electrons. The Balaban J connectivity index is 0.944. The lowest BCUT2D eigenvalue weighted by molar-refractivity contribution is -0.144. The molecule has 4 aliphatic rings. The van der Waals surface area contributed by atoms with Crippen LogP contribution in [0.15, 0.2) is 66.9 Å². The van der Waals surface area contributed by atoms with Crippen LogP contribution in [0, 0.1) is 10.8 Å². The fourth-order valence-corrected chi connectivity index (χ4v) is 13.5. The number of fused-ring (bicyclic) bond motifs is 2. The topological polar surface area (TPSA) is 218 Å². The molecule has 4 fully saturated rings. The van der Waals surface area contributed by atoms with Gasteiger partial charge in [0.2, 0.25) is 29.5 Å². The van der Waals surface area contributed by atoms with Gasteiger partial charge in [0.15, 0.2) is 5.78 Å². The van der Waals surface area contributed by atoms with E-state index in [0.29, 0.717) is 49.4 Å². The Morgan fingerprint density at radius 2 is 1.26 bits per heavy atom. The summed E-state index contributed by atoms with van der Waals surface area (Å²) in [6, 6.07) is 15.1. The van der Waals surface area contributed by atoms with E-state index in [2.05, 4.69) is 50.7 Å². The second kappa shape index (κ2) is 24.4. The number of hydrogen-bond acceptors (Lipinski definition) is 14. The van der Waals surface area contributed by atoms with Crippen molar-refractivity contribution in [3.63, 3.8) is 0 Å². The van der Waals surface area contributed by atoms with Gasteiger partial charge in [-0.1, -0.05) is 93.6 Å². The van der Waals surface area contributed by atoms with Gasteiger partial charge in [0, 0.05) is 12.3 Å². The highest BCUT2D eigenvalue weighted by Gasteiger charge is 2.56. The summed E-state index contributed by atoms with van der Waals surface area (Å²) in [6.45, 7) is 12.8. The zero-order valence-corrected chi connectivity index (χ0v) is 44.6. The number of nitrogens with one attached hydrogen (secondary N) is 5. The predicted molar refractivity (Wildman–Crippen MR) is 277 cm³/mol. The van der Waals surface area contributed by atoms with Crippen molar-refractivity contribution in [2.24, 2.45) is 10.8 Å². The first-order valence-corrected chi connectivity index (χ1v) is 27.3. The van der Waals surface area contributed by atoms with Crippen LogP contribution in [0.2, 0.25) is 0 Å². The third-order valence-corrected chi connectivity index (χ3v) is 17.1. The molecule has 72 heavy (non-hydrogen) atoms. The molecule has 0 saturated carbocycles. The lowest BCUT2D eigenvalue weighted by Gasteiger charge is -2.35. The number of Topliss-reactive ketones (excluding diaryl/α,β-unsaturated/α-hetero) is 1. The monoisotopic (exact) mass is 1030 g/mol. The molecule has 18 nitrogen and oxygen atoms in total. The Bertz CT molecular complexity index is 2360.